The van der Waals surface area contributed by atoms with Crippen molar-refractivity contribution in [2.75, 3.05) is 13.1 Å². The third-order valence-corrected chi connectivity index (χ3v) is 4.36. The molecule has 22 heavy (non-hydrogen) atoms. The lowest BCUT2D eigenvalue weighted by molar-refractivity contribution is 0.196. The van der Waals surface area contributed by atoms with Gasteiger partial charge in [0.25, 0.3) is 0 Å². The Hall–Kier alpha value is -2.27. The molecule has 0 saturated carbocycles. The van der Waals surface area contributed by atoms with Crippen molar-refractivity contribution >= 4 is 11.0 Å². The molecule has 5 nitrogen and oxygen atoms in total. The second kappa shape index (κ2) is 5.85. The average Bonchev–Trinajstić information content (AvgIpc) is 3.04. The maximum atomic E-state index is 4.74. The van der Waals surface area contributed by atoms with Crippen molar-refractivity contribution in [1.82, 2.24) is 25.1 Å². The van der Waals surface area contributed by atoms with Crippen LogP contribution in [0.15, 0.2) is 42.7 Å². The number of hydrogen-bond acceptors (Lipinski definition) is 4. The van der Waals surface area contributed by atoms with Crippen molar-refractivity contribution in [3.63, 3.8) is 0 Å². The van der Waals surface area contributed by atoms with Crippen molar-refractivity contribution in [3.05, 3.63) is 54.1 Å². The van der Waals surface area contributed by atoms with Crippen LogP contribution in [0, 0.1) is 0 Å². The number of fused-ring (bicyclic) bond motifs is 1. The number of hydrogen-bond donors (Lipinski definition) is 1. The van der Waals surface area contributed by atoms with Crippen molar-refractivity contribution in [2.45, 2.75) is 25.3 Å². The van der Waals surface area contributed by atoms with E-state index < -0.39 is 0 Å². The lowest BCUT2D eigenvalue weighted by Gasteiger charge is -2.32. The first-order valence-electron chi connectivity index (χ1n) is 7.81. The third kappa shape index (κ3) is 2.72. The fourth-order valence-electron chi connectivity index (χ4n) is 3.23. The molecular weight excluding hydrogens is 274 g/mol. The summed E-state index contributed by atoms with van der Waals surface area (Å²) >= 11 is 0. The number of aromatic nitrogens is 4. The summed E-state index contributed by atoms with van der Waals surface area (Å²) in [5, 5.41) is 8.09. The Morgan fingerprint density at radius 2 is 2.23 bits per heavy atom. The summed E-state index contributed by atoms with van der Waals surface area (Å²) in [6, 6.07) is 10.4. The van der Waals surface area contributed by atoms with Crippen LogP contribution in [0.5, 0.6) is 0 Å². The van der Waals surface area contributed by atoms with Gasteiger partial charge in [-0.15, -0.1) is 0 Å². The van der Waals surface area contributed by atoms with E-state index in [4.69, 9.17) is 4.98 Å². The monoisotopic (exact) mass is 293 g/mol. The Bertz CT molecular complexity index is 752. The van der Waals surface area contributed by atoms with Gasteiger partial charge in [0.05, 0.1) is 11.9 Å². The molecule has 4 heterocycles. The van der Waals surface area contributed by atoms with Gasteiger partial charge in [-0.1, -0.05) is 6.07 Å². The molecule has 1 saturated heterocycles. The highest BCUT2D eigenvalue weighted by molar-refractivity contribution is 5.73. The van der Waals surface area contributed by atoms with Gasteiger partial charge in [-0.2, -0.15) is 5.10 Å². The molecule has 0 radical (unpaired) electrons. The normalized spacial score (nSPS) is 19.5. The largest absolute Gasteiger partial charge is 0.297 e. The van der Waals surface area contributed by atoms with Gasteiger partial charge in [0, 0.05) is 36.3 Å². The average molecular weight is 293 g/mol. The topological polar surface area (TPSA) is 57.7 Å². The Labute approximate surface area is 129 Å². The van der Waals surface area contributed by atoms with Crippen LogP contribution >= 0.6 is 0 Å². The molecule has 1 aliphatic heterocycles. The van der Waals surface area contributed by atoms with Crippen molar-refractivity contribution < 1.29 is 0 Å². The Balaban J connectivity index is 1.50. The van der Waals surface area contributed by atoms with E-state index in [0.717, 1.165) is 36.4 Å². The zero-order valence-electron chi connectivity index (χ0n) is 12.4. The molecule has 1 aliphatic rings. The summed E-state index contributed by atoms with van der Waals surface area (Å²) in [7, 11) is 0. The van der Waals surface area contributed by atoms with E-state index in [0.29, 0.717) is 5.92 Å². The van der Waals surface area contributed by atoms with Crippen LogP contribution in [-0.2, 0) is 6.54 Å². The summed E-state index contributed by atoms with van der Waals surface area (Å²) < 4.78 is 0. The first kappa shape index (κ1) is 13.4. The van der Waals surface area contributed by atoms with E-state index >= 15 is 0 Å². The van der Waals surface area contributed by atoms with Gasteiger partial charge in [0.2, 0.25) is 0 Å². The highest BCUT2D eigenvalue weighted by Gasteiger charge is 2.22. The van der Waals surface area contributed by atoms with Crippen LogP contribution in [0.4, 0.5) is 0 Å². The van der Waals surface area contributed by atoms with Crippen molar-refractivity contribution in [3.8, 4) is 0 Å². The Kier molecular flexibility index (Phi) is 3.56. The van der Waals surface area contributed by atoms with Crippen LogP contribution in [0.25, 0.3) is 11.0 Å². The van der Waals surface area contributed by atoms with E-state index in [2.05, 4.69) is 44.3 Å². The van der Waals surface area contributed by atoms with Crippen molar-refractivity contribution in [1.29, 1.82) is 0 Å². The van der Waals surface area contributed by atoms with E-state index in [1.165, 1.54) is 18.5 Å². The summed E-state index contributed by atoms with van der Waals surface area (Å²) in [5.41, 5.74) is 3.20. The molecule has 0 aliphatic carbocycles. The summed E-state index contributed by atoms with van der Waals surface area (Å²) in [5.74, 6) is 0.491. The van der Waals surface area contributed by atoms with Gasteiger partial charge in [-0.3, -0.25) is 15.0 Å². The van der Waals surface area contributed by atoms with Crippen LogP contribution in [0.1, 0.15) is 30.1 Å². The summed E-state index contributed by atoms with van der Waals surface area (Å²) in [6.45, 7) is 3.10. The quantitative estimate of drug-likeness (QED) is 0.806. The molecular formula is C17H19N5. The molecule has 4 rings (SSSR count). The number of pyridine rings is 2. The third-order valence-electron chi connectivity index (χ3n) is 4.36. The highest BCUT2D eigenvalue weighted by atomic mass is 15.1. The standard InChI is InChI=1S/C17H19N5/c1-2-8-18-15(5-1)12-22-9-3-4-14(11-22)16-7-6-13-10-19-21-17(13)20-16/h1-2,5-8,10,14H,3-4,9,11-12H2,(H,19,20,21)/t14-/m1/s1. The van der Waals surface area contributed by atoms with E-state index in [1.54, 1.807) is 0 Å². The second-order valence-electron chi connectivity index (χ2n) is 5.94. The predicted molar refractivity (Wildman–Crippen MR) is 85.4 cm³/mol. The van der Waals surface area contributed by atoms with Crippen LogP contribution in [0.3, 0.4) is 0 Å². The minimum Gasteiger partial charge on any atom is -0.297 e. The number of likely N-dealkylation sites (tertiary alicyclic amines) is 1. The van der Waals surface area contributed by atoms with E-state index in [9.17, 15) is 0 Å². The first-order valence-corrected chi connectivity index (χ1v) is 7.81. The number of aromatic amines is 1. The molecule has 1 N–H and O–H groups in total. The van der Waals surface area contributed by atoms with Gasteiger partial charge in [0.1, 0.15) is 0 Å². The molecule has 3 aromatic heterocycles. The SMILES string of the molecule is c1ccc(CN2CCC[C@@H](c3ccc4cn[nH]c4n3)C2)nc1. The first-order chi connectivity index (χ1) is 10.9. The number of nitrogens with zero attached hydrogens (tertiary/aromatic N) is 4. The molecule has 0 amide bonds. The smallest absolute Gasteiger partial charge is 0.155 e. The molecule has 5 heteroatoms. The minimum atomic E-state index is 0.491. The molecule has 0 spiro atoms. The maximum Gasteiger partial charge on any atom is 0.155 e. The Morgan fingerprint density at radius 3 is 3.14 bits per heavy atom. The fourth-order valence-corrected chi connectivity index (χ4v) is 3.23. The molecule has 112 valence electrons. The fraction of sp³-hybridized carbons (Fsp3) is 0.353. The number of piperidine rings is 1. The molecule has 1 atom stereocenters. The van der Waals surface area contributed by atoms with Crippen LogP contribution in [0.2, 0.25) is 0 Å². The summed E-state index contributed by atoms with van der Waals surface area (Å²) in [4.78, 5) is 11.7. The zero-order valence-corrected chi connectivity index (χ0v) is 12.4. The molecule has 0 unspecified atom stereocenters. The molecule has 1 fully saturated rings. The van der Waals surface area contributed by atoms with Crippen LogP contribution in [-0.4, -0.2) is 38.2 Å². The van der Waals surface area contributed by atoms with Crippen LogP contribution < -0.4 is 0 Å². The predicted octanol–water partition coefficient (Wildman–Crippen LogP) is 2.73. The van der Waals surface area contributed by atoms with Gasteiger partial charge in [-0.25, -0.2) is 4.98 Å². The molecule has 0 bridgehead atoms. The summed E-state index contributed by atoms with van der Waals surface area (Å²) in [6.07, 6.45) is 6.09. The number of rotatable bonds is 3. The van der Waals surface area contributed by atoms with Gasteiger partial charge in [0.15, 0.2) is 5.65 Å². The van der Waals surface area contributed by atoms with Crippen molar-refractivity contribution in [2.24, 2.45) is 0 Å². The molecule has 3 aromatic rings. The van der Waals surface area contributed by atoms with E-state index in [1.807, 2.05) is 18.5 Å². The molecule has 0 aromatic carbocycles. The second-order valence-corrected chi connectivity index (χ2v) is 5.94. The minimum absolute atomic E-state index is 0.491. The Morgan fingerprint density at radius 1 is 1.23 bits per heavy atom. The van der Waals surface area contributed by atoms with Gasteiger partial charge >= 0.3 is 0 Å². The zero-order chi connectivity index (χ0) is 14.8. The van der Waals surface area contributed by atoms with Gasteiger partial charge < -0.3 is 0 Å². The van der Waals surface area contributed by atoms with Gasteiger partial charge in [-0.05, 0) is 43.7 Å². The maximum absolute atomic E-state index is 4.74. The number of nitrogens with one attached hydrogen (secondary N) is 1. The van der Waals surface area contributed by atoms with E-state index in [-0.39, 0.29) is 0 Å². The lowest BCUT2D eigenvalue weighted by Crippen LogP contribution is -2.34. The highest BCUT2D eigenvalue weighted by Crippen LogP contribution is 2.27. The number of H-pyrrole nitrogens is 1. The lowest BCUT2D eigenvalue weighted by atomic mass is 9.94.